The summed E-state index contributed by atoms with van der Waals surface area (Å²) in [4.78, 5) is 26.4. The molecule has 0 unspecified atom stereocenters. The first-order chi connectivity index (χ1) is 17.3. The molecule has 8 heteroatoms. The van der Waals surface area contributed by atoms with E-state index < -0.39 is 46.3 Å². The molecule has 0 aromatic heterocycles. The van der Waals surface area contributed by atoms with E-state index >= 15 is 0 Å². The summed E-state index contributed by atoms with van der Waals surface area (Å²) in [5.41, 5.74) is -2.44. The molecule has 3 rings (SSSR count). The zero-order valence-electron chi connectivity index (χ0n) is 23.6. The quantitative estimate of drug-likeness (QED) is 0.420. The summed E-state index contributed by atoms with van der Waals surface area (Å²) in [7, 11) is 0. The molecule has 0 N–H and O–H groups in total. The summed E-state index contributed by atoms with van der Waals surface area (Å²) in [5.74, 6) is 3.56. The molecule has 0 amide bonds. The molecular weight excluding hydrogens is 484 g/mol. The first kappa shape index (κ1) is 29.7. The highest BCUT2D eigenvalue weighted by molar-refractivity contribution is 5.98. The molecule has 38 heavy (non-hydrogen) atoms. The third-order valence-electron chi connectivity index (χ3n) is 7.56. The van der Waals surface area contributed by atoms with Crippen LogP contribution in [0, 0.1) is 24.7 Å². The number of hydrogen-bond donors (Lipinski definition) is 0. The van der Waals surface area contributed by atoms with Gasteiger partial charge in [0.1, 0.15) is 12.2 Å². The minimum atomic E-state index is -0.718. The van der Waals surface area contributed by atoms with Crippen LogP contribution in [0.25, 0.3) is 0 Å². The summed E-state index contributed by atoms with van der Waals surface area (Å²) in [6.45, 7) is 14.5. The molecule has 0 saturated carbocycles. The van der Waals surface area contributed by atoms with Gasteiger partial charge in [0.15, 0.2) is 0 Å². The first-order valence-electron chi connectivity index (χ1n) is 12.8. The third-order valence-corrected chi connectivity index (χ3v) is 7.56. The third kappa shape index (κ3) is 5.75. The van der Waals surface area contributed by atoms with E-state index in [0.717, 1.165) is 10.1 Å². The predicted octanol–water partition coefficient (Wildman–Crippen LogP) is 4.70. The van der Waals surface area contributed by atoms with E-state index in [0.29, 0.717) is 25.7 Å². The second-order valence-electron chi connectivity index (χ2n) is 12.9. The van der Waals surface area contributed by atoms with Gasteiger partial charge in [-0.1, -0.05) is 11.8 Å². The van der Waals surface area contributed by atoms with Crippen molar-refractivity contribution in [3.05, 3.63) is 34.4 Å². The van der Waals surface area contributed by atoms with E-state index in [2.05, 4.69) is 11.8 Å². The number of hydrogen-bond acceptors (Lipinski definition) is 6. The summed E-state index contributed by atoms with van der Waals surface area (Å²) in [5, 5.41) is 27.4. The molecule has 1 aromatic carbocycles. The lowest BCUT2D eigenvalue weighted by molar-refractivity contribution is -0.298. The number of ether oxygens (including phenoxy) is 2. The normalized spacial score (nSPS) is 23.2. The van der Waals surface area contributed by atoms with Gasteiger partial charge in [-0.25, -0.2) is 9.59 Å². The van der Waals surface area contributed by atoms with Crippen molar-refractivity contribution in [3.63, 3.8) is 0 Å². The Morgan fingerprint density at radius 1 is 0.684 bits per heavy atom. The van der Waals surface area contributed by atoms with Crippen LogP contribution in [0.4, 0.5) is 0 Å². The van der Waals surface area contributed by atoms with Crippen LogP contribution in [0.2, 0.25) is 0 Å². The molecule has 2 saturated heterocycles. The summed E-state index contributed by atoms with van der Waals surface area (Å²) in [6.07, 6.45) is 11.9. The highest BCUT2D eigenvalue weighted by atomic mass is 16.6. The average molecular weight is 523 g/mol. The van der Waals surface area contributed by atoms with Gasteiger partial charge in [0.05, 0.1) is 11.1 Å². The number of carbonyl (C=O) groups is 2. The van der Waals surface area contributed by atoms with Crippen LogP contribution >= 0.6 is 0 Å². The molecular formula is C30H38N2O6. The predicted molar refractivity (Wildman–Crippen MR) is 141 cm³/mol. The number of hydroxylamine groups is 4. The smallest absolute Gasteiger partial charge is 0.339 e. The molecule has 2 aliphatic rings. The molecule has 0 spiro atoms. The van der Waals surface area contributed by atoms with Crippen LogP contribution < -0.4 is 0 Å². The number of carbonyl (C=O) groups excluding carboxylic acids is 2. The van der Waals surface area contributed by atoms with Gasteiger partial charge in [-0.05, 0) is 67.5 Å². The second-order valence-corrected chi connectivity index (χ2v) is 12.9. The molecule has 2 fully saturated rings. The Hall–Kier alpha value is -2.88. The Balaban J connectivity index is 1.85. The Bertz CT molecular complexity index is 1070. The van der Waals surface area contributed by atoms with E-state index in [1.165, 1.54) is 12.1 Å². The molecule has 0 bridgehead atoms. The van der Waals surface area contributed by atoms with Crippen molar-refractivity contribution in [2.24, 2.45) is 0 Å². The van der Waals surface area contributed by atoms with Crippen molar-refractivity contribution < 1.29 is 29.5 Å². The number of terminal acetylenes is 2. The maximum Gasteiger partial charge on any atom is 0.339 e. The zero-order chi connectivity index (χ0) is 28.8. The van der Waals surface area contributed by atoms with Gasteiger partial charge in [-0.15, -0.1) is 33.4 Å². The van der Waals surface area contributed by atoms with Crippen molar-refractivity contribution in [3.8, 4) is 24.7 Å². The monoisotopic (exact) mass is 522 g/mol. The van der Waals surface area contributed by atoms with E-state index in [9.17, 15) is 20.0 Å². The molecule has 0 atom stereocenters. The summed E-state index contributed by atoms with van der Waals surface area (Å²) >= 11 is 0. The van der Waals surface area contributed by atoms with Crippen molar-refractivity contribution >= 4 is 11.9 Å². The lowest BCUT2D eigenvalue weighted by atomic mass is 9.80. The Morgan fingerprint density at radius 3 is 1.18 bits per heavy atom. The maximum absolute atomic E-state index is 13.2. The number of rotatable bonds is 4. The van der Waals surface area contributed by atoms with Gasteiger partial charge in [0.25, 0.3) is 0 Å². The van der Waals surface area contributed by atoms with Gasteiger partial charge in [-0.2, -0.15) is 0 Å². The average Bonchev–Trinajstić information content (AvgIpc) is 2.79. The van der Waals surface area contributed by atoms with Crippen LogP contribution in [0.15, 0.2) is 12.1 Å². The van der Waals surface area contributed by atoms with Gasteiger partial charge in [-0.3, -0.25) is 0 Å². The van der Waals surface area contributed by atoms with E-state index in [1.54, 1.807) is 0 Å². The molecule has 8 nitrogen and oxygen atoms in total. The van der Waals surface area contributed by atoms with Crippen LogP contribution in [0.3, 0.4) is 0 Å². The highest BCUT2D eigenvalue weighted by Gasteiger charge is 2.48. The summed E-state index contributed by atoms with van der Waals surface area (Å²) < 4.78 is 11.6. The van der Waals surface area contributed by atoms with E-state index in [4.69, 9.17) is 22.3 Å². The minimum absolute atomic E-state index is 0.0686. The number of nitrogens with zero attached hydrogens (tertiary/aromatic N) is 2. The van der Waals surface area contributed by atoms with E-state index in [1.807, 2.05) is 55.4 Å². The maximum atomic E-state index is 13.2. The Kier molecular flexibility index (Phi) is 7.82. The Labute approximate surface area is 226 Å². The Morgan fingerprint density at radius 2 is 0.947 bits per heavy atom. The standard InChI is InChI=1S/C30H38N2O6/c1-11-19-13-24(26(34)38-22-17-29(7,8)32(36)30(9,10)18-22)20(12-2)14-23(19)25(33)37-21-15-27(3,4)31(35)28(5,6)16-21/h1-2,13-14,21-22H,15-18H2,3-10H3. The zero-order valence-corrected chi connectivity index (χ0v) is 23.6. The largest absolute Gasteiger partial charge is 0.459 e. The van der Waals surface area contributed by atoms with Gasteiger partial charge < -0.3 is 9.47 Å². The number of esters is 2. The van der Waals surface area contributed by atoms with Crippen LogP contribution in [-0.4, -0.2) is 56.4 Å². The molecule has 2 aliphatic heterocycles. The summed E-state index contributed by atoms with van der Waals surface area (Å²) in [6, 6.07) is 2.75. The van der Waals surface area contributed by atoms with Crippen molar-refractivity contribution in [2.75, 3.05) is 0 Å². The van der Waals surface area contributed by atoms with Gasteiger partial charge >= 0.3 is 11.9 Å². The fourth-order valence-corrected chi connectivity index (χ4v) is 6.12. The minimum Gasteiger partial charge on any atom is -0.459 e. The van der Waals surface area contributed by atoms with Crippen molar-refractivity contribution in [1.82, 2.24) is 10.1 Å². The molecule has 0 aliphatic carbocycles. The fourth-order valence-electron chi connectivity index (χ4n) is 6.12. The second kappa shape index (κ2) is 10.0. The number of benzene rings is 1. The SMILES string of the molecule is C#Cc1cc(C(=O)OC2CC(C)(C)N([O])C(C)(C)C2)c(C#C)cc1C(=O)OC1CC(C)(C)N([O])C(C)(C)C1. The highest BCUT2D eigenvalue weighted by Crippen LogP contribution is 2.40. The molecule has 1 aromatic rings. The molecule has 204 valence electrons. The van der Waals surface area contributed by atoms with Crippen molar-refractivity contribution in [2.45, 2.75) is 115 Å². The van der Waals surface area contributed by atoms with Gasteiger partial charge in [0, 0.05) is 59.0 Å². The topological polar surface area (TPSA) is 98.9 Å². The van der Waals surface area contributed by atoms with E-state index in [-0.39, 0.29) is 22.3 Å². The van der Waals surface area contributed by atoms with Crippen molar-refractivity contribution in [1.29, 1.82) is 0 Å². The fraction of sp³-hybridized carbons (Fsp3) is 0.600. The van der Waals surface area contributed by atoms with Crippen LogP contribution in [0.1, 0.15) is 113 Å². The molecule has 2 radical (unpaired) electrons. The molecule has 2 heterocycles. The number of piperidine rings is 2. The van der Waals surface area contributed by atoms with Gasteiger partial charge in [0.2, 0.25) is 0 Å². The van der Waals surface area contributed by atoms with Crippen LogP contribution in [-0.2, 0) is 19.9 Å². The first-order valence-corrected chi connectivity index (χ1v) is 12.8. The lowest BCUT2D eigenvalue weighted by Crippen LogP contribution is -2.60. The van der Waals surface area contributed by atoms with Crippen LogP contribution in [0.5, 0.6) is 0 Å². The lowest BCUT2D eigenvalue weighted by Gasteiger charge is -2.49.